The Hall–Kier alpha value is -0.610. The molecule has 2 heterocycles. The van der Waals surface area contributed by atoms with Crippen LogP contribution in [0.4, 0.5) is 0 Å². The van der Waals surface area contributed by atoms with E-state index in [2.05, 4.69) is 42.9 Å². The molecular weight excluding hydrogens is 250 g/mol. The molecule has 0 atom stereocenters. The average Bonchev–Trinajstić information content (AvgIpc) is 2.34. The summed E-state index contributed by atoms with van der Waals surface area (Å²) in [5.41, 5.74) is 0.290. The third-order valence-corrected chi connectivity index (χ3v) is 4.77. The van der Waals surface area contributed by atoms with E-state index in [0.717, 1.165) is 25.4 Å². The van der Waals surface area contributed by atoms with Gasteiger partial charge in [0, 0.05) is 25.0 Å². The number of nitrogens with zero attached hydrogens (tertiary/aromatic N) is 2. The van der Waals surface area contributed by atoms with Crippen molar-refractivity contribution >= 4 is 5.91 Å². The fourth-order valence-corrected chi connectivity index (χ4v) is 3.32. The van der Waals surface area contributed by atoms with Crippen molar-refractivity contribution in [2.75, 3.05) is 33.2 Å². The van der Waals surface area contributed by atoms with Crippen molar-refractivity contribution in [2.45, 2.75) is 58.0 Å². The second-order valence-electron chi connectivity index (χ2n) is 7.63. The van der Waals surface area contributed by atoms with E-state index in [1.54, 1.807) is 0 Å². The van der Waals surface area contributed by atoms with E-state index in [9.17, 15) is 4.79 Å². The van der Waals surface area contributed by atoms with Gasteiger partial charge in [0.2, 0.25) is 5.91 Å². The van der Waals surface area contributed by atoms with Crippen LogP contribution in [0.1, 0.15) is 46.5 Å². The lowest BCUT2D eigenvalue weighted by Crippen LogP contribution is -2.57. The molecule has 116 valence electrons. The fourth-order valence-electron chi connectivity index (χ4n) is 3.32. The largest absolute Gasteiger partial charge is 0.351 e. The summed E-state index contributed by atoms with van der Waals surface area (Å²) in [6.07, 6.45) is 4.26. The number of likely N-dealkylation sites (tertiary alicyclic amines) is 2. The maximum absolute atomic E-state index is 11.9. The second-order valence-corrected chi connectivity index (χ2v) is 7.63. The normalized spacial score (nSPS) is 23.6. The summed E-state index contributed by atoms with van der Waals surface area (Å²) in [6, 6.07) is 0.398. The highest BCUT2D eigenvalue weighted by molar-refractivity contribution is 5.76. The van der Waals surface area contributed by atoms with Crippen molar-refractivity contribution in [1.82, 2.24) is 15.1 Å². The zero-order valence-corrected chi connectivity index (χ0v) is 13.6. The van der Waals surface area contributed by atoms with Crippen LogP contribution in [-0.2, 0) is 4.79 Å². The summed E-state index contributed by atoms with van der Waals surface area (Å²) >= 11 is 0. The van der Waals surface area contributed by atoms with E-state index < -0.39 is 0 Å². The molecule has 0 bridgehead atoms. The van der Waals surface area contributed by atoms with Crippen molar-refractivity contribution in [3.63, 3.8) is 0 Å². The van der Waals surface area contributed by atoms with Crippen LogP contribution in [0.5, 0.6) is 0 Å². The van der Waals surface area contributed by atoms with Crippen LogP contribution in [0.3, 0.4) is 0 Å². The molecule has 0 saturated carbocycles. The minimum Gasteiger partial charge on any atom is -0.351 e. The van der Waals surface area contributed by atoms with Crippen molar-refractivity contribution in [1.29, 1.82) is 0 Å². The summed E-state index contributed by atoms with van der Waals surface area (Å²) in [6.45, 7) is 11.3. The summed E-state index contributed by atoms with van der Waals surface area (Å²) in [5.74, 6) is 0.991. The van der Waals surface area contributed by atoms with Gasteiger partial charge in [0.05, 0.1) is 6.04 Å². The van der Waals surface area contributed by atoms with Gasteiger partial charge < -0.3 is 10.2 Å². The summed E-state index contributed by atoms with van der Waals surface area (Å²) in [4.78, 5) is 16.7. The molecule has 0 aliphatic carbocycles. The maximum atomic E-state index is 11.9. The number of amides is 1. The monoisotopic (exact) mass is 281 g/mol. The van der Waals surface area contributed by atoms with Gasteiger partial charge in [0.15, 0.2) is 0 Å². The maximum Gasteiger partial charge on any atom is 0.220 e. The molecule has 2 fully saturated rings. The van der Waals surface area contributed by atoms with Crippen molar-refractivity contribution in [3.05, 3.63) is 0 Å². The van der Waals surface area contributed by atoms with Gasteiger partial charge in [-0.05, 0) is 66.1 Å². The number of hydrogen-bond donors (Lipinski definition) is 1. The van der Waals surface area contributed by atoms with Gasteiger partial charge in [-0.25, -0.2) is 0 Å². The first kappa shape index (κ1) is 15.8. The Labute approximate surface area is 123 Å². The minimum atomic E-state index is 0.251. The third-order valence-electron chi connectivity index (χ3n) is 4.77. The predicted octanol–water partition coefficient (Wildman–Crippen LogP) is 1.71. The van der Waals surface area contributed by atoms with Gasteiger partial charge in [-0.1, -0.05) is 0 Å². The van der Waals surface area contributed by atoms with Crippen LogP contribution >= 0.6 is 0 Å². The third kappa shape index (κ3) is 4.45. The number of piperidine rings is 1. The molecule has 2 aliphatic heterocycles. The Morgan fingerprint density at radius 1 is 1.20 bits per heavy atom. The number of likely N-dealkylation sites (N-methyl/N-ethyl adjacent to an activating group) is 1. The molecule has 4 nitrogen and oxygen atoms in total. The molecule has 1 amide bonds. The molecule has 2 rings (SSSR count). The molecule has 0 radical (unpaired) electrons. The minimum absolute atomic E-state index is 0.251. The van der Waals surface area contributed by atoms with Crippen LogP contribution < -0.4 is 5.32 Å². The average molecular weight is 281 g/mol. The van der Waals surface area contributed by atoms with E-state index in [-0.39, 0.29) is 5.91 Å². The highest BCUT2D eigenvalue weighted by Gasteiger charge is 2.28. The van der Waals surface area contributed by atoms with E-state index in [4.69, 9.17) is 0 Å². The zero-order chi connectivity index (χ0) is 14.8. The van der Waals surface area contributed by atoms with E-state index in [1.165, 1.54) is 25.9 Å². The Bertz CT molecular complexity index is 323. The van der Waals surface area contributed by atoms with Crippen LogP contribution in [0.2, 0.25) is 0 Å². The SMILES string of the molecule is CN1CC(NC(=O)CCC2CCN(C(C)(C)C)CC2)C1. The van der Waals surface area contributed by atoms with Gasteiger partial charge in [0.25, 0.3) is 0 Å². The van der Waals surface area contributed by atoms with Gasteiger partial charge in [-0.3, -0.25) is 9.69 Å². The quantitative estimate of drug-likeness (QED) is 0.852. The van der Waals surface area contributed by atoms with E-state index >= 15 is 0 Å². The van der Waals surface area contributed by atoms with Crippen molar-refractivity contribution in [3.8, 4) is 0 Å². The zero-order valence-electron chi connectivity index (χ0n) is 13.6. The van der Waals surface area contributed by atoms with Crippen LogP contribution in [-0.4, -0.2) is 60.5 Å². The molecule has 4 heteroatoms. The number of rotatable bonds is 4. The lowest BCUT2D eigenvalue weighted by molar-refractivity contribution is -0.123. The van der Waals surface area contributed by atoms with Crippen molar-refractivity contribution in [2.24, 2.45) is 5.92 Å². The summed E-state index contributed by atoms with van der Waals surface area (Å²) < 4.78 is 0. The van der Waals surface area contributed by atoms with Crippen LogP contribution in [0.15, 0.2) is 0 Å². The molecule has 0 aromatic heterocycles. The van der Waals surface area contributed by atoms with E-state index in [0.29, 0.717) is 18.0 Å². The number of carbonyl (C=O) groups is 1. The first-order valence-corrected chi connectivity index (χ1v) is 8.07. The topological polar surface area (TPSA) is 35.6 Å². The van der Waals surface area contributed by atoms with Crippen LogP contribution in [0.25, 0.3) is 0 Å². The molecule has 2 saturated heterocycles. The smallest absolute Gasteiger partial charge is 0.220 e. The number of hydrogen-bond acceptors (Lipinski definition) is 3. The Balaban J connectivity index is 1.60. The van der Waals surface area contributed by atoms with E-state index in [1.807, 2.05) is 0 Å². The van der Waals surface area contributed by atoms with Gasteiger partial charge >= 0.3 is 0 Å². The first-order valence-electron chi connectivity index (χ1n) is 8.07. The second kappa shape index (κ2) is 6.44. The molecular formula is C16H31N3O. The molecule has 0 aromatic carbocycles. The standard InChI is InChI=1S/C16H31N3O/c1-16(2,3)19-9-7-13(8-10-19)5-6-15(20)17-14-11-18(4)12-14/h13-14H,5-12H2,1-4H3,(H,17,20). The molecule has 1 N–H and O–H groups in total. The molecule has 0 unspecified atom stereocenters. The Morgan fingerprint density at radius 2 is 1.80 bits per heavy atom. The summed E-state index contributed by atoms with van der Waals surface area (Å²) in [7, 11) is 2.09. The molecule has 0 spiro atoms. The molecule has 20 heavy (non-hydrogen) atoms. The highest BCUT2D eigenvalue weighted by atomic mass is 16.1. The lowest BCUT2D eigenvalue weighted by atomic mass is 9.89. The van der Waals surface area contributed by atoms with Gasteiger partial charge in [-0.2, -0.15) is 0 Å². The lowest BCUT2D eigenvalue weighted by Gasteiger charge is -2.41. The Morgan fingerprint density at radius 3 is 2.30 bits per heavy atom. The van der Waals surface area contributed by atoms with Gasteiger partial charge in [0.1, 0.15) is 0 Å². The summed E-state index contributed by atoms with van der Waals surface area (Å²) in [5, 5.41) is 3.13. The van der Waals surface area contributed by atoms with Gasteiger partial charge in [-0.15, -0.1) is 0 Å². The predicted molar refractivity (Wildman–Crippen MR) is 82.7 cm³/mol. The van der Waals surface area contributed by atoms with Crippen molar-refractivity contribution < 1.29 is 4.79 Å². The first-order chi connectivity index (χ1) is 9.34. The number of carbonyl (C=O) groups excluding carboxylic acids is 1. The fraction of sp³-hybridized carbons (Fsp3) is 0.938. The Kier molecular flexibility index (Phi) is 5.08. The number of nitrogens with one attached hydrogen (secondary N) is 1. The van der Waals surface area contributed by atoms with Crippen LogP contribution in [0, 0.1) is 5.92 Å². The highest BCUT2D eigenvalue weighted by Crippen LogP contribution is 2.26. The molecule has 2 aliphatic rings. The molecule has 0 aromatic rings.